The number of anilines is 1. The molecule has 0 radical (unpaired) electrons. The maximum atomic E-state index is 13.5. The van der Waals surface area contributed by atoms with E-state index in [0.717, 1.165) is 19.3 Å². The largest absolute Gasteiger partial charge is 0.465 e. The highest BCUT2D eigenvalue weighted by Gasteiger charge is 2.18. The Morgan fingerprint density at radius 1 is 1.48 bits per heavy atom. The van der Waals surface area contributed by atoms with Crippen molar-refractivity contribution in [3.63, 3.8) is 0 Å². The lowest BCUT2D eigenvalue weighted by atomic mass is 10.1. The molecule has 2 aromatic rings. The summed E-state index contributed by atoms with van der Waals surface area (Å²) < 4.78 is 24.9. The van der Waals surface area contributed by atoms with Crippen molar-refractivity contribution in [3.05, 3.63) is 41.2 Å². The third-order valence-electron chi connectivity index (χ3n) is 3.45. The number of thiazole rings is 1. The molecule has 1 aromatic heterocycles. The first kappa shape index (κ1) is 15.9. The van der Waals surface area contributed by atoms with E-state index in [1.807, 2.05) is 0 Å². The van der Waals surface area contributed by atoms with Crippen LogP contribution in [-0.4, -0.2) is 23.8 Å². The molecule has 0 saturated carbocycles. The van der Waals surface area contributed by atoms with E-state index in [4.69, 9.17) is 9.47 Å². The lowest BCUT2D eigenvalue weighted by Crippen LogP contribution is -2.26. The van der Waals surface area contributed by atoms with Gasteiger partial charge in [0.1, 0.15) is 11.6 Å². The molecule has 0 spiro atoms. The average Bonchev–Trinajstić information content (AvgIpc) is 3.04. The van der Waals surface area contributed by atoms with E-state index < -0.39 is 5.82 Å². The Labute approximate surface area is 137 Å². The van der Waals surface area contributed by atoms with Crippen molar-refractivity contribution in [2.75, 3.05) is 11.9 Å². The van der Waals surface area contributed by atoms with Crippen LogP contribution in [0.1, 0.15) is 24.8 Å². The molecule has 23 heavy (non-hydrogen) atoms. The highest BCUT2D eigenvalue weighted by Crippen LogP contribution is 2.25. The van der Waals surface area contributed by atoms with E-state index in [1.54, 1.807) is 17.6 Å². The van der Waals surface area contributed by atoms with Gasteiger partial charge in [-0.2, -0.15) is 0 Å². The zero-order valence-corrected chi connectivity index (χ0v) is 13.3. The molecule has 122 valence electrons. The van der Waals surface area contributed by atoms with Crippen LogP contribution in [0.5, 0.6) is 5.75 Å². The Morgan fingerprint density at radius 2 is 2.39 bits per heavy atom. The van der Waals surface area contributed by atoms with Gasteiger partial charge in [-0.1, -0.05) is 0 Å². The predicted octanol–water partition coefficient (Wildman–Crippen LogP) is 3.37. The van der Waals surface area contributed by atoms with Crippen LogP contribution >= 0.6 is 11.3 Å². The van der Waals surface area contributed by atoms with Crippen LogP contribution in [0, 0.1) is 5.82 Å². The number of nitrogens with zero attached hydrogens (tertiary/aromatic N) is 1. The fraction of sp³-hybridized carbons (Fsp3) is 0.375. The molecular formula is C16H17FN2O3S. The minimum absolute atomic E-state index is 0.0133. The molecular weight excluding hydrogens is 319 g/mol. The number of ether oxygens (including phenoxy) is 2. The molecule has 0 bridgehead atoms. The van der Waals surface area contributed by atoms with E-state index in [-0.39, 0.29) is 18.6 Å². The van der Waals surface area contributed by atoms with Gasteiger partial charge >= 0.3 is 0 Å². The number of benzene rings is 1. The zero-order valence-electron chi connectivity index (χ0n) is 12.5. The lowest BCUT2D eigenvalue weighted by molar-refractivity contribution is -0.116. The Kier molecular flexibility index (Phi) is 5.19. The molecule has 5 nitrogen and oxygen atoms in total. The van der Waals surface area contributed by atoms with E-state index in [9.17, 15) is 9.18 Å². The number of amides is 1. The van der Waals surface area contributed by atoms with E-state index in [2.05, 4.69) is 10.3 Å². The zero-order chi connectivity index (χ0) is 16.1. The third kappa shape index (κ3) is 4.49. The van der Waals surface area contributed by atoms with Gasteiger partial charge in [-0.05, 0) is 31.0 Å². The molecule has 7 heteroatoms. The van der Waals surface area contributed by atoms with E-state index >= 15 is 0 Å². The summed E-state index contributed by atoms with van der Waals surface area (Å²) in [5.74, 6) is -0.188. The summed E-state index contributed by atoms with van der Waals surface area (Å²) in [6, 6.07) is 4.18. The number of carbonyl (C=O) groups excluding carboxylic acids is 1. The molecule has 1 fully saturated rings. The Bertz CT molecular complexity index is 657. The number of nitrogens with one attached hydrogen (secondary N) is 1. The Balaban J connectivity index is 1.69. The van der Waals surface area contributed by atoms with E-state index in [0.29, 0.717) is 23.1 Å². The van der Waals surface area contributed by atoms with Gasteiger partial charge in [-0.25, -0.2) is 9.37 Å². The number of hydrogen-bond acceptors (Lipinski definition) is 5. The molecule has 1 aromatic carbocycles. The highest BCUT2D eigenvalue weighted by atomic mass is 32.1. The maximum Gasteiger partial charge on any atom is 0.230 e. The predicted molar refractivity (Wildman–Crippen MR) is 85.1 cm³/mol. The third-order valence-corrected chi connectivity index (χ3v) is 4.14. The summed E-state index contributed by atoms with van der Waals surface area (Å²) >= 11 is 1.33. The minimum Gasteiger partial charge on any atom is -0.465 e. The molecule has 1 unspecified atom stereocenters. The quantitative estimate of drug-likeness (QED) is 0.909. The second-order valence-electron chi connectivity index (χ2n) is 5.23. The number of rotatable bonds is 5. The fourth-order valence-corrected chi connectivity index (χ4v) is 2.91. The SMILES string of the molecule is O=C(Cc1cc(F)ccc1OC1CCCCO1)Nc1nccs1. The fourth-order valence-electron chi connectivity index (χ4n) is 2.37. The van der Waals surface area contributed by atoms with Crippen LogP contribution in [-0.2, 0) is 16.0 Å². The van der Waals surface area contributed by atoms with Gasteiger partial charge in [0.25, 0.3) is 0 Å². The van der Waals surface area contributed by atoms with Gasteiger partial charge in [0.15, 0.2) is 11.4 Å². The van der Waals surface area contributed by atoms with Gasteiger partial charge in [-0.15, -0.1) is 11.3 Å². The van der Waals surface area contributed by atoms with Gasteiger partial charge in [0.2, 0.25) is 5.91 Å². The number of halogens is 1. The van der Waals surface area contributed by atoms with Crippen molar-refractivity contribution in [2.24, 2.45) is 0 Å². The smallest absolute Gasteiger partial charge is 0.230 e. The van der Waals surface area contributed by atoms with Gasteiger partial charge in [-0.3, -0.25) is 4.79 Å². The summed E-state index contributed by atoms with van der Waals surface area (Å²) in [7, 11) is 0. The molecule has 1 saturated heterocycles. The molecule has 1 aliphatic heterocycles. The summed E-state index contributed by atoms with van der Waals surface area (Å²) in [6.07, 6.45) is 4.13. The van der Waals surface area contributed by atoms with Crippen molar-refractivity contribution in [3.8, 4) is 5.75 Å². The Morgan fingerprint density at radius 3 is 3.13 bits per heavy atom. The van der Waals surface area contributed by atoms with Crippen molar-refractivity contribution < 1.29 is 18.7 Å². The molecule has 1 amide bonds. The lowest BCUT2D eigenvalue weighted by Gasteiger charge is -2.24. The monoisotopic (exact) mass is 336 g/mol. The van der Waals surface area contributed by atoms with Crippen molar-refractivity contribution in [1.29, 1.82) is 0 Å². The first-order valence-corrected chi connectivity index (χ1v) is 8.35. The van der Waals surface area contributed by atoms with Crippen molar-refractivity contribution in [1.82, 2.24) is 4.98 Å². The van der Waals surface area contributed by atoms with Crippen LogP contribution < -0.4 is 10.1 Å². The molecule has 1 atom stereocenters. The normalized spacial score (nSPS) is 17.7. The molecule has 3 rings (SSSR count). The molecule has 2 heterocycles. The molecule has 1 N–H and O–H groups in total. The topological polar surface area (TPSA) is 60.5 Å². The van der Waals surface area contributed by atoms with Gasteiger partial charge in [0.05, 0.1) is 13.0 Å². The highest BCUT2D eigenvalue weighted by molar-refractivity contribution is 7.13. The van der Waals surface area contributed by atoms with Crippen LogP contribution in [0.4, 0.5) is 9.52 Å². The second-order valence-corrected chi connectivity index (χ2v) is 6.12. The van der Waals surface area contributed by atoms with E-state index in [1.165, 1.54) is 23.5 Å². The number of hydrogen-bond donors (Lipinski definition) is 1. The summed E-state index contributed by atoms with van der Waals surface area (Å²) in [6.45, 7) is 0.658. The maximum absolute atomic E-state index is 13.5. The second kappa shape index (κ2) is 7.52. The number of aromatic nitrogens is 1. The van der Waals surface area contributed by atoms with Gasteiger partial charge < -0.3 is 14.8 Å². The molecule has 0 aliphatic carbocycles. The van der Waals surface area contributed by atoms with Crippen molar-refractivity contribution >= 4 is 22.4 Å². The van der Waals surface area contributed by atoms with Crippen molar-refractivity contribution in [2.45, 2.75) is 32.0 Å². The van der Waals surface area contributed by atoms with Crippen LogP contribution in [0.3, 0.4) is 0 Å². The minimum atomic E-state index is -0.404. The van der Waals surface area contributed by atoms with Crippen LogP contribution in [0.25, 0.3) is 0 Å². The molecule has 1 aliphatic rings. The summed E-state index contributed by atoms with van der Waals surface area (Å²) in [5.41, 5.74) is 0.494. The first-order chi connectivity index (χ1) is 11.2. The summed E-state index contributed by atoms with van der Waals surface area (Å²) in [4.78, 5) is 16.1. The van der Waals surface area contributed by atoms with Crippen LogP contribution in [0.15, 0.2) is 29.8 Å². The Hall–Kier alpha value is -1.99. The van der Waals surface area contributed by atoms with Gasteiger partial charge in [0, 0.05) is 23.6 Å². The van der Waals surface area contributed by atoms with Crippen LogP contribution in [0.2, 0.25) is 0 Å². The first-order valence-electron chi connectivity index (χ1n) is 7.47. The standard InChI is InChI=1S/C16H17FN2O3S/c17-12-4-5-13(22-15-3-1-2-7-21-15)11(9-12)10-14(20)19-16-18-6-8-23-16/h4-6,8-9,15H,1-3,7,10H2,(H,18,19,20). The summed E-state index contributed by atoms with van der Waals surface area (Å²) in [5, 5.41) is 4.97. The average molecular weight is 336 g/mol. The number of carbonyl (C=O) groups is 1.